The Morgan fingerprint density at radius 2 is 2.29 bits per heavy atom. The third kappa shape index (κ3) is 3.20. The van der Waals surface area contributed by atoms with Gasteiger partial charge in [0, 0.05) is 23.4 Å². The quantitative estimate of drug-likeness (QED) is 0.906. The summed E-state index contributed by atoms with van der Waals surface area (Å²) in [5, 5.41) is 7.34. The van der Waals surface area contributed by atoms with Crippen LogP contribution in [-0.2, 0) is 6.54 Å². The van der Waals surface area contributed by atoms with E-state index in [1.807, 2.05) is 19.2 Å². The van der Waals surface area contributed by atoms with Gasteiger partial charge in [-0.15, -0.1) is 0 Å². The van der Waals surface area contributed by atoms with Crippen LogP contribution in [0.3, 0.4) is 0 Å². The Bertz CT molecular complexity index is 508. The minimum absolute atomic E-state index is 0.683. The van der Waals surface area contributed by atoms with Gasteiger partial charge in [-0.05, 0) is 34.5 Å². The molecular formula is C11H14BrN5. The molecule has 0 radical (unpaired) electrons. The number of aryl methyl sites for hydroxylation is 1. The molecule has 90 valence electrons. The van der Waals surface area contributed by atoms with Crippen LogP contribution in [0.1, 0.15) is 5.56 Å². The van der Waals surface area contributed by atoms with Crippen LogP contribution in [0, 0.1) is 6.92 Å². The smallest absolute Gasteiger partial charge is 0.126 e. The van der Waals surface area contributed by atoms with Crippen LogP contribution in [0.25, 0.3) is 0 Å². The van der Waals surface area contributed by atoms with Gasteiger partial charge in [-0.1, -0.05) is 0 Å². The Balaban J connectivity index is 1.87. The van der Waals surface area contributed by atoms with E-state index in [1.54, 1.807) is 17.1 Å². The first-order valence-electron chi connectivity index (χ1n) is 5.29. The first-order chi connectivity index (χ1) is 8.15. The summed E-state index contributed by atoms with van der Waals surface area (Å²) in [6.45, 7) is 3.55. The summed E-state index contributed by atoms with van der Waals surface area (Å²) in [6, 6.07) is 2.00. The Morgan fingerprint density at radius 1 is 1.47 bits per heavy atom. The van der Waals surface area contributed by atoms with Crippen molar-refractivity contribution in [3.8, 4) is 0 Å². The molecule has 2 aromatic heterocycles. The van der Waals surface area contributed by atoms with Crippen LogP contribution in [0.2, 0.25) is 0 Å². The molecule has 0 fully saturated rings. The second-order valence-electron chi connectivity index (χ2n) is 3.78. The molecule has 2 aromatic rings. The first kappa shape index (κ1) is 11.9. The van der Waals surface area contributed by atoms with Crippen molar-refractivity contribution in [2.45, 2.75) is 13.5 Å². The van der Waals surface area contributed by atoms with Crippen molar-refractivity contribution >= 4 is 27.4 Å². The number of pyridine rings is 1. The molecule has 0 unspecified atom stereocenters. The van der Waals surface area contributed by atoms with E-state index in [1.165, 1.54) is 0 Å². The van der Waals surface area contributed by atoms with Gasteiger partial charge >= 0.3 is 0 Å². The van der Waals surface area contributed by atoms with Gasteiger partial charge in [0.25, 0.3) is 0 Å². The molecule has 0 aromatic carbocycles. The highest BCUT2D eigenvalue weighted by Crippen LogP contribution is 2.16. The van der Waals surface area contributed by atoms with Crippen molar-refractivity contribution < 1.29 is 0 Å². The minimum atomic E-state index is 0.683. The van der Waals surface area contributed by atoms with Crippen molar-refractivity contribution in [1.29, 1.82) is 0 Å². The van der Waals surface area contributed by atoms with Crippen LogP contribution in [-0.4, -0.2) is 21.3 Å². The van der Waals surface area contributed by atoms with E-state index in [0.717, 1.165) is 28.9 Å². The number of nitrogen functional groups attached to an aromatic ring is 1. The minimum Gasteiger partial charge on any atom is -0.396 e. The fraction of sp³-hybridized carbons (Fsp3) is 0.273. The molecule has 0 aliphatic carbocycles. The fourth-order valence-electron chi connectivity index (χ4n) is 1.44. The summed E-state index contributed by atoms with van der Waals surface area (Å²) in [6.07, 6.45) is 5.24. The van der Waals surface area contributed by atoms with Gasteiger partial charge in [-0.25, -0.2) is 4.98 Å². The zero-order valence-corrected chi connectivity index (χ0v) is 11.1. The maximum absolute atomic E-state index is 5.58. The van der Waals surface area contributed by atoms with Crippen molar-refractivity contribution in [2.75, 3.05) is 17.6 Å². The molecule has 3 N–H and O–H groups in total. The SMILES string of the molecule is Cc1cc(NCCn2cc(N)cn2)ncc1Br. The van der Waals surface area contributed by atoms with E-state index in [9.17, 15) is 0 Å². The van der Waals surface area contributed by atoms with E-state index in [4.69, 9.17) is 5.73 Å². The highest BCUT2D eigenvalue weighted by molar-refractivity contribution is 9.10. The number of anilines is 2. The highest BCUT2D eigenvalue weighted by Gasteiger charge is 1.99. The second-order valence-corrected chi connectivity index (χ2v) is 4.64. The lowest BCUT2D eigenvalue weighted by Gasteiger charge is -2.07. The lowest BCUT2D eigenvalue weighted by molar-refractivity contribution is 0.637. The van der Waals surface area contributed by atoms with Crippen LogP contribution in [0.4, 0.5) is 11.5 Å². The molecule has 5 nitrogen and oxygen atoms in total. The molecule has 0 spiro atoms. The molecule has 0 amide bonds. The zero-order chi connectivity index (χ0) is 12.3. The number of nitrogens with two attached hydrogens (primary N) is 1. The standard InChI is InChI=1S/C11H14BrN5/c1-8-4-11(15-6-10(8)12)14-2-3-17-7-9(13)5-16-17/h4-7H,2-3,13H2,1H3,(H,14,15). The molecule has 0 saturated carbocycles. The summed E-state index contributed by atoms with van der Waals surface area (Å²) in [5.74, 6) is 0.867. The molecule has 0 bridgehead atoms. The van der Waals surface area contributed by atoms with Crippen molar-refractivity contribution in [3.63, 3.8) is 0 Å². The molecule has 2 heterocycles. The number of aromatic nitrogens is 3. The van der Waals surface area contributed by atoms with Crippen LogP contribution < -0.4 is 11.1 Å². The number of hydrogen-bond acceptors (Lipinski definition) is 4. The number of rotatable bonds is 4. The number of nitrogens with zero attached hydrogens (tertiary/aromatic N) is 3. The maximum Gasteiger partial charge on any atom is 0.126 e. The number of nitrogens with one attached hydrogen (secondary N) is 1. The second kappa shape index (κ2) is 5.18. The van der Waals surface area contributed by atoms with E-state index < -0.39 is 0 Å². The Labute approximate surface area is 108 Å². The highest BCUT2D eigenvalue weighted by atomic mass is 79.9. The Morgan fingerprint density at radius 3 is 2.94 bits per heavy atom. The number of hydrogen-bond donors (Lipinski definition) is 2. The average molecular weight is 296 g/mol. The summed E-state index contributed by atoms with van der Waals surface area (Å²) >= 11 is 3.42. The summed E-state index contributed by atoms with van der Waals surface area (Å²) in [5.41, 5.74) is 7.42. The van der Waals surface area contributed by atoms with E-state index in [0.29, 0.717) is 5.69 Å². The van der Waals surface area contributed by atoms with Crippen LogP contribution >= 0.6 is 15.9 Å². The van der Waals surface area contributed by atoms with Gasteiger partial charge in [-0.3, -0.25) is 4.68 Å². The zero-order valence-electron chi connectivity index (χ0n) is 9.52. The van der Waals surface area contributed by atoms with E-state index in [2.05, 4.69) is 31.3 Å². The topological polar surface area (TPSA) is 68.8 Å². The molecule has 6 heteroatoms. The molecule has 0 saturated heterocycles. The molecule has 0 atom stereocenters. The van der Waals surface area contributed by atoms with Gasteiger partial charge in [0.2, 0.25) is 0 Å². The predicted octanol–water partition coefficient (Wildman–Crippen LogP) is 2.04. The summed E-state index contributed by atoms with van der Waals surface area (Å²) in [4.78, 5) is 4.26. The van der Waals surface area contributed by atoms with Gasteiger partial charge < -0.3 is 11.1 Å². The number of halogens is 1. The van der Waals surface area contributed by atoms with Gasteiger partial charge in [0.05, 0.1) is 18.4 Å². The lowest BCUT2D eigenvalue weighted by atomic mass is 10.3. The van der Waals surface area contributed by atoms with E-state index >= 15 is 0 Å². The van der Waals surface area contributed by atoms with E-state index in [-0.39, 0.29) is 0 Å². The summed E-state index contributed by atoms with van der Waals surface area (Å²) in [7, 11) is 0. The molecule has 17 heavy (non-hydrogen) atoms. The largest absolute Gasteiger partial charge is 0.396 e. The van der Waals surface area contributed by atoms with Crippen LogP contribution in [0.15, 0.2) is 29.1 Å². The monoisotopic (exact) mass is 295 g/mol. The average Bonchev–Trinajstić information content (AvgIpc) is 2.70. The van der Waals surface area contributed by atoms with Crippen molar-refractivity contribution in [3.05, 3.63) is 34.7 Å². The normalized spacial score (nSPS) is 10.5. The van der Waals surface area contributed by atoms with Crippen molar-refractivity contribution in [2.24, 2.45) is 0 Å². The summed E-state index contributed by atoms with van der Waals surface area (Å²) < 4.78 is 2.82. The third-order valence-electron chi connectivity index (χ3n) is 2.35. The van der Waals surface area contributed by atoms with Gasteiger partial charge in [-0.2, -0.15) is 5.10 Å². The lowest BCUT2D eigenvalue weighted by Crippen LogP contribution is -2.11. The molecule has 0 aliphatic rings. The predicted molar refractivity (Wildman–Crippen MR) is 71.8 cm³/mol. The first-order valence-corrected chi connectivity index (χ1v) is 6.08. The maximum atomic E-state index is 5.58. The molecular weight excluding hydrogens is 282 g/mol. The van der Waals surface area contributed by atoms with Crippen LogP contribution in [0.5, 0.6) is 0 Å². The Kier molecular flexibility index (Phi) is 3.63. The van der Waals surface area contributed by atoms with Gasteiger partial charge in [0.15, 0.2) is 0 Å². The van der Waals surface area contributed by atoms with Crippen molar-refractivity contribution in [1.82, 2.24) is 14.8 Å². The fourth-order valence-corrected chi connectivity index (χ4v) is 1.65. The Hall–Kier alpha value is -1.56. The van der Waals surface area contributed by atoms with Gasteiger partial charge in [0.1, 0.15) is 5.82 Å². The molecule has 0 aliphatic heterocycles. The third-order valence-corrected chi connectivity index (χ3v) is 3.18. The molecule has 2 rings (SSSR count).